The molecular formula is C36H32Cl2GeZr. The Morgan fingerprint density at radius 2 is 0.725 bits per heavy atom. The Bertz CT molecular complexity index is 1990. The van der Waals surface area contributed by atoms with E-state index < -0.39 is 15.7 Å². The summed E-state index contributed by atoms with van der Waals surface area (Å²) in [6.45, 7) is 0. The molecule has 8 rings (SSSR count). The van der Waals surface area contributed by atoms with Crippen LogP contribution in [0.3, 0.4) is 0 Å². The second-order valence-electron chi connectivity index (χ2n) is 12.4. The monoisotopic (exact) mass is 698 g/mol. The molecule has 0 saturated heterocycles. The van der Waals surface area contributed by atoms with Crippen molar-refractivity contribution in [1.82, 2.24) is 0 Å². The molecule has 0 aromatic heterocycles. The van der Waals surface area contributed by atoms with Crippen LogP contribution in [0.15, 0.2) is 109 Å². The first kappa shape index (κ1) is 28.0. The van der Waals surface area contributed by atoms with E-state index in [2.05, 4.69) is 131 Å². The van der Waals surface area contributed by atoms with Gasteiger partial charge in [0.15, 0.2) is 0 Å². The molecule has 0 radical (unpaired) electrons. The summed E-state index contributed by atoms with van der Waals surface area (Å²) in [5, 5.41) is 11.3. The van der Waals surface area contributed by atoms with E-state index in [0.717, 1.165) is 0 Å². The summed E-state index contributed by atoms with van der Waals surface area (Å²) in [6.07, 6.45) is 10.2. The van der Waals surface area contributed by atoms with Crippen LogP contribution >= 0.6 is 24.8 Å². The van der Waals surface area contributed by atoms with Gasteiger partial charge in [-0.05, 0) is 0 Å². The van der Waals surface area contributed by atoms with Crippen molar-refractivity contribution in [2.45, 2.75) is 16.5 Å². The predicted octanol–water partition coefficient (Wildman–Crippen LogP) is 10.3. The Balaban J connectivity index is 0.00000145. The van der Waals surface area contributed by atoms with Gasteiger partial charge in [0, 0.05) is 0 Å². The zero-order valence-electron chi connectivity index (χ0n) is 22.7. The molecule has 2 aliphatic carbocycles. The second kappa shape index (κ2) is 9.70. The molecule has 6 aromatic carbocycles. The summed E-state index contributed by atoms with van der Waals surface area (Å²) < 4.78 is 6.60. The molecule has 198 valence electrons. The van der Waals surface area contributed by atoms with E-state index >= 15 is 0 Å². The molecule has 0 bridgehead atoms. The first-order valence-electron chi connectivity index (χ1n) is 13.7. The van der Waals surface area contributed by atoms with Crippen molar-refractivity contribution in [3.05, 3.63) is 131 Å². The van der Waals surface area contributed by atoms with E-state index in [1.165, 1.54) is 66.4 Å². The van der Waals surface area contributed by atoms with E-state index in [9.17, 15) is 0 Å². The topological polar surface area (TPSA) is 0 Å². The number of fused-ring (bicyclic) bond motifs is 12. The number of allylic oxidation sites excluding steroid dienone is 2. The molecule has 0 amide bonds. The van der Waals surface area contributed by atoms with Gasteiger partial charge >= 0.3 is 231 Å². The van der Waals surface area contributed by atoms with Crippen molar-refractivity contribution >= 4 is 92.2 Å². The standard InChI is InChI=1S/2C17H11.2CH3.2ClH.GeH2.Zr/c2*1-3-8-14-12(6-1)13-7-2-4-9-15(13)17-11-5-10-16(14)17;;;;;;/h2*1-11H;2*1H3;2*1H;1H2;. The molecule has 40 heavy (non-hydrogen) atoms. The molecule has 0 heterocycles. The molecule has 2 aliphatic rings. The van der Waals surface area contributed by atoms with Crippen LogP contribution in [0.5, 0.6) is 0 Å². The van der Waals surface area contributed by atoms with Gasteiger partial charge < -0.3 is 0 Å². The number of rotatable bonds is 2. The van der Waals surface area contributed by atoms with Gasteiger partial charge in [-0.1, -0.05) is 0 Å². The molecule has 0 spiro atoms. The fraction of sp³-hybridized carbons (Fsp3) is 0.111. The second-order valence-corrected chi connectivity index (χ2v) is 57.6. The van der Waals surface area contributed by atoms with E-state index in [-0.39, 0.29) is 24.8 Å². The first-order chi connectivity index (χ1) is 18.4. The molecule has 4 heteroatoms. The van der Waals surface area contributed by atoms with Crippen molar-refractivity contribution in [3.63, 3.8) is 0 Å². The van der Waals surface area contributed by atoms with Crippen molar-refractivity contribution in [1.29, 1.82) is 0 Å². The van der Waals surface area contributed by atoms with Crippen molar-refractivity contribution in [2.75, 3.05) is 0 Å². The van der Waals surface area contributed by atoms with Gasteiger partial charge in [0.05, 0.1) is 0 Å². The SMILES string of the molecule is Cl.Cl.[CH3][Zr]([CH3])(=[GeH2])([CH]1C=Cc2c1c1ccccc1c1ccccc21)[CH]1C=Cc2c1c1ccccc1c1ccccc21. The maximum atomic E-state index is 2.77. The van der Waals surface area contributed by atoms with Crippen LogP contribution in [-0.4, -0.2) is 12.1 Å². The summed E-state index contributed by atoms with van der Waals surface area (Å²) in [5.41, 5.74) is 6.14. The first-order valence-corrected chi connectivity index (χ1v) is 32.0. The Kier molecular flexibility index (Phi) is 6.79. The van der Waals surface area contributed by atoms with E-state index in [0.29, 0.717) is 7.25 Å². The quantitative estimate of drug-likeness (QED) is 0.125. The number of halogens is 2. The van der Waals surface area contributed by atoms with Gasteiger partial charge in [-0.2, -0.15) is 0 Å². The fourth-order valence-electron chi connectivity index (χ4n) is 7.77. The van der Waals surface area contributed by atoms with Crippen molar-refractivity contribution in [2.24, 2.45) is 0 Å². The van der Waals surface area contributed by atoms with Gasteiger partial charge in [-0.25, -0.2) is 0 Å². The van der Waals surface area contributed by atoms with Crippen LogP contribution < -0.4 is 0 Å². The Hall–Kier alpha value is -2.15. The van der Waals surface area contributed by atoms with Crippen molar-refractivity contribution in [3.8, 4) is 0 Å². The fourth-order valence-corrected chi connectivity index (χ4v) is 26.9. The van der Waals surface area contributed by atoms with Crippen LogP contribution in [0.1, 0.15) is 29.5 Å². The number of benzene rings is 6. The van der Waals surface area contributed by atoms with Crippen LogP contribution in [0.25, 0.3) is 55.2 Å². The third-order valence-electron chi connectivity index (χ3n) is 9.61. The van der Waals surface area contributed by atoms with Gasteiger partial charge in [-0.15, -0.1) is 24.8 Å². The number of hydrogen-bond donors (Lipinski definition) is 0. The zero-order valence-corrected chi connectivity index (χ0v) is 29.8. The minimum absolute atomic E-state index is 0. The summed E-state index contributed by atoms with van der Waals surface area (Å²) in [5.74, 6) is 0. The Labute approximate surface area is 253 Å². The molecule has 0 aliphatic heterocycles. The summed E-state index contributed by atoms with van der Waals surface area (Å²) in [6, 6.07) is 36.4. The van der Waals surface area contributed by atoms with Crippen LogP contribution in [0, 0.1) is 0 Å². The van der Waals surface area contributed by atoms with Gasteiger partial charge in [0.25, 0.3) is 0 Å². The molecule has 2 atom stereocenters. The third kappa shape index (κ3) is 3.74. The molecule has 2 unspecified atom stereocenters. The van der Waals surface area contributed by atoms with Crippen molar-refractivity contribution < 1.29 is 15.7 Å². The molecule has 0 fully saturated rings. The van der Waals surface area contributed by atoms with Crippen LogP contribution in [0.2, 0.25) is 9.26 Å². The van der Waals surface area contributed by atoms with E-state index in [1.807, 2.05) is 0 Å². The maximum absolute atomic E-state index is 3.47. The van der Waals surface area contributed by atoms with Gasteiger partial charge in [0.1, 0.15) is 0 Å². The van der Waals surface area contributed by atoms with Gasteiger partial charge in [0.2, 0.25) is 0 Å². The van der Waals surface area contributed by atoms with Gasteiger partial charge in [-0.3, -0.25) is 0 Å². The molecule has 6 aromatic rings. The summed E-state index contributed by atoms with van der Waals surface area (Å²) in [4.78, 5) is 0. The van der Waals surface area contributed by atoms with E-state index in [1.54, 1.807) is 11.1 Å². The average molecular weight is 699 g/mol. The normalized spacial score (nSPS) is 17.7. The zero-order chi connectivity index (χ0) is 25.7. The minimum atomic E-state index is -3.47. The van der Waals surface area contributed by atoms with Crippen LogP contribution in [-0.2, 0) is 15.7 Å². The average Bonchev–Trinajstić information content (AvgIpc) is 3.61. The molecular weight excluding hydrogens is 667 g/mol. The van der Waals surface area contributed by atoms with E-state index in [4.69, 9.17) is 0 Å². The molecule has 0 saturated carbocycles. The molecule has 0 nitrogen and oxygen atoms in total. The third-order valence-corrected chi connectivity index (χ3v) is 32.9. The summed E-state index contributed by atoms with van der Waals surface area (Å²) >= 11 is -2.08. The summed E-state index contributed by atoms with van der Waals surface area (Å²) in [7, 11) is 0. The Morgan fingerprint density at radius 1 is 0.450 bits per heavy atom. The number of hydrogen-bond acceptors (Lipinski definition) is 0. The Morgan fingerprint density at radius 3 is 1.07 bits per heavy atom. The predicted molar refractivity (Wildman–Crippen MR) is 181 cm³/mol. The van der Waals surface area contributed by atoms with Crippen LogP contribution in [0.4, 0.5) is 0 Å². The molecule has 0 N–H and O–H groups in total.